The minimum atomic E-state index is -1.06. The van der Waals surface area contributed by atoms with Crippen LogP contribution in [0.1, 0.15) is 12.0 Å². The van der Waals surface area contributed by atoms with Crippen molar-refractivity contribution in [2.45, 2.75) is 17.7 Å². The SMILES string of the molecule is COc1ccccc1N1CCN(CCCc2ccc3c(c2)S(=O)C=N3)CC1. The Balaban J connectivity index is 1.26. The lowest BCUT2D eigenvalue weighted by atomic mass is 10.1. The molecule has 2 heterocycles. The molecule has 5 nitrogen and oxygen atoms in total. The minimum Gasteiger partial charge on any atom is -0.495 e. The van der Waals surface area contributed by atoms with Crippen LogP contribution in [0.25, 0.3) is 0 Å². The molecule has 2 aromatic carbocycles. The molecule has 1 atom stereocenters. The summed E-state index contributed by atoms with van der Waals surface area (Å²) in [7, 11) is 0.671. The fourth-order valence-electron chi connectivity index (χ4n) is 3.75. The van der Waals surface area contributed by atoms with Gasteiger partial charge in [-0.25, -0.2) is 9.20 Å². The molecular formula is C21H25N3O2S. The van der Waals surface area contributed by atoms with E-state index >= 15 is 0 Å². The molecule has 2 aliphatic rings. The number of hydrogen-bond donors (Lipinski definition) is 0. The molecule has 0 saturated carbocycles. The molecule has 0 spiro atoms. The van der Waals surface area contributed by atoms with Crippen molar-refractivity contribution in [1.82, 2.24) is 4.90 Å². The van der Waals surface area contributed by atoms with E-state index in [1.165, 1.54) is 16.8 Å². The molecule has 1 fully saturated rings. The second-order valence-corrected chi connectivity index (χ2v) is 8.18. The number of benzene rings is 2. The molecule has 2 aliphatic heterocycles. The Morgan fingerprint density at radius 2 is 1.93 bits per heavy atom. The second kappa shape index (κ2) is 8.23. The lowest BCUT2D eigenvalue weighted by Gasteiger charge is -2.36. The summed E-state index contributed by atoms with van der Waals surface area (Å²) >= 11 is 0. The molecule has 0 aliphatic carbocycles. The fraction of sp³-hybridized carbons (Fsp3) is 0.381. The highest BCUT2D eigenvalue weighted by Crippen LogP contribution is 2.29. The van der Waals surface area contributed by atoms with E-state index in [1.807, 2.05) is 18.2 Å². The summed E-state index contributed by atoms with van der Waals surface area (Å²) < 4.78 is 17.4. The van der Waals surface area contributed by atoms with Gasteiger partial charge in [0, 0.05) is 26.2 Å². The number of anilines is 1. The van der Waals surface area contributed by atoms with Crippen LogP contribution in [-0.2, 0) is 17.2 Å². The predicted molar refractivity (Wildman–Crippen MR) is 111 cm³/mol. The molecule has 0 radical (unpaired) electrons. The summed E-state index contributed by atoms with van der Waals surface area (Å²) in [5.74, 6) is 0.948. The van der Waals surface area contributed by atoms with Gasteiger partial charge in [-0.1, -0.05) is 18.2 Å². The summed E-state index contributed by atoms with van der Waals surface area (Å²) in [6.45, 7) is 5.28. The number of methoxy groups -OCH3 is 1. The smallest absolute Gasteiger partial charge is 0.142 e. The molecule has 0 N–H and O–H groups in total. The Labute approximate surface area is 163 Å². The van der Waals surface area contributed by atoms with Crippen LogP contribution in [0.4, 0.5) is 11.4 Å². The van der Waals surface area contributed by atoms with Crippen LogP contribution in [0.3, 0.4) is 0 Å². The van der Waals surface area contributed by atoms with Crippen LogP contribution in [0.15, 0.2) is 52.4 Å². The largest absolute Gasteiger partial charge is 0.495 e. The summed E-state index contributed by atoms with van der Waals surface area (Å²) in [6.07, 6.45) is 2.12. The average Bonchev–Trinajstić information content (AvgIpc) is 3.09. The topological polar surface area (TPSA) is 45.1 Å². The predicted octanol–water partition coefficient (Wildman–Crippen LogP) is 3.23. The fourth-order valence-corrected chi connectivity index (χ4v) is 4.67. The van der Waals surface area contributed by atoms with Crippen molar-refractivity contribution in [2.75, 3.05) is 44.7 Å². The highest BCUT2D eigenvalue weighted by atomic mass is 32.2. The van der Waals surface area contributed by atoms with Crippen LogP contribution in [0.2, 0.25) is 0 Å². The molecular weight excluding hydrogens is 358 g/mol. The first-order chi connectivity index (χ1) is 13.2. The van der Waals surface area contributed by atoms with Gasteiger partial charge >= 0.3 is 0 Å². The van der Waals surface area contributed by atoms with Crippen molar-refractivity contribution in [1.29, 1.82) is 0 Å². The molecule has 0 aromatic heterocycles. The van der Waals surface area contributed by atoms with E-state index in [4.69, 9.17) is 4.74 Å². The summed E-state index contributed by atoms with van der Waals surface area (Å²) in [6, 6.07) is 14.4. The Morgan fingerprint density at radius 1 is 1.11 bits per heavy atom. The van der Waals surface area contributed by atoms with Gasteiger partial charge < -0.3 is 9.64 Å². The first-order valence-corrected chi connectivity index (χ1v) is 10.6. The zero-order chi connectivity index (χ0) is 18.6. The number of rotatable bonds is 6. The zero-order valence-corrected chi connectivity index (χ0v) is 16.5. The molecule has 2 aromatic rings. The quantitative estimate of drug-likeness (QED) is 0.768. The first-order valence-electron chi connectivity index (χ1n) is 9.42. The van der Waals surface area contributed by atoms with Crippen LogP contribution >= 0.6 is 0 Å². The maximum Gasteiger partial charge on any atom is 0.142 e. The van der Waals surface area contributed by atoms with Crippen molar-refractivity contribution < 1.29 is 8.95 Å². The summed E-state index contributed by atoms with van der Waals surface area (Å²) in [5.41, 5.74) is 4.81. The number of nitrogens with zero attached hydrogens (tertiary/aromatic N) is 3. The van der Waals surface area contributed by atoms with Gasteiger partial charge in [-0.05, 0) is 49.2 Å². The Hall–Kier alpha value is -2.18. The third kappa shape index (κ3) is 4.06. The van der Waals surface area contributed by atoms with Gasteiger partial charge in [0.1, 0.15) is 5.75 Å². The minimum absolute atomic E-state index is 0.851. The third-order valence-corrected chi connectivity index (χ3v) is 6.32. The maximum atomic E-state index is 11.9. The monoisotopic (exact) mass is 383 g/mol. The van der Waals surface area contributed by atoms with Gasteiger partial charge in [-0.3, -0.25) is 4.90 Å². The van der Waals surface area contributed by atoms with Crippen molar-refractivity contribution in [2.24, 2.45) is 4.99 Å². The molecule has 142 valence electrons. The Kier molecular flexibility index (Phi) is 5.55. The molecule has 0 amide bonds. The van der Waals surface area contributed by atoms with Gasteiger partial charge in [-0.15, -0.1) is 0 Å². The maximum absolute atomic E-state index is 11.9. The summed E-state index contributed by atoms with van der Waals surface area (Å²) in [5, 5.41) is 0. The Morgan fingerprint density at radius 3 is 2.74 bits per heavy atom. The molecule has 4 rings (SSSR count). The average molecular weight is 384 g/mol. The Bertz CT molecular complexity index is 860. The lowest BCUT2D eigenvalue weighted by molar-refractivity contribution is 0.254. The van der Waals surface area contributed by atoms with Crippen molar-refractivity contribution in [3.05, 3.63) is 48.0 Å². The van der Waals surface area contributed by atoms with Gasteiger partial charge in [0.25, 0.3) is 0 Å². The molecule has 0 bridgehead atoms. The molecule has 6 heteroatoms. The third-order valence-electron chi connectivity index (χ3n) is 5.27. The van der Waals surface area contributed by atoms with Crippen LogP contribution in [0.5, 0.6) is 5.75 Å². The highest BCUT2D eigenvalue weighted by Gasteiger charge is 2.19. The number of hydrogen-bond acceptors (Lipinski definition) is 5. The van der Waals surface area contributed by atoms with E-state index in [2.05, 4.69) is 39.1 Å². The first kappa shape index (κ1) is 18.2. The van der Waals surface area contributed by atoms with Crippen molar-refractivity contribution in [3.8, 4) is 5.75 Å². The van der Waals surface area contributed by atoms with E-state index in [-0.39, 0.29) is 0 Å². The van der Waals surface area contributed by atoms with E-state index in [0.29, 0.717) is 0 Å². The number of piperazine rings is 1. The van der Waals surface area contributed by atoms with E-state index in [1.54, 1.807) is 7.11 Å². The normalized spacial score (nSPS) is 19.3. The number of aryl methyl sites for hydroxylation is 1. The molecule has 27 heavy (non-hydrogen) atoms. The molecule has 1 unspecified atom stereocenters. The lowest BCUT2D eigenvalue weighted by Crippen LogP contribution is -2.46. The van der Waals surface area contributed by atoms with Gasteiger partial charge in [0.2, 0.25) is 0 Å². The number of aliphatic imine (C=N–C) groups is 1. The number of fused-ring (bicyclic) bond motifs is 1. The van der Waals surface area contributed by atoms with Crippen molar-refractivity contribution >= 4 is 27.7 Å². The van der Waals surface area contributed by atoms with Gasteiger partial charge in [-0.2, -0.15) is 0 Å². The van der Waals surface area contributed by atoms with E-state index in [0.717, 1.165) is 61.9 Å². The van der Waals surface area contributed by atoms with E-state index < -0.39 is 10.8 Å². The van der Waals surface area contributed by atoms with Gasteiger partial charge in [0.15, 0.2) is 0 Å². The highest BCUT2D eigenvalue weighted by molar-refractivity contribution is 7.99. The van der Waals surface area contributed by atoms with Crippen molar-refractivity contribution in [3.63, 3.8) is 0 Å². The van der Waals surface area contributed by atoms with E-state index in [9.17, 15) is 4.21 Å². The molecule has 1 saturated heterocycles. The van der Waals surface area contributed by atoms with Crippen LogP contribution in [-0.4, -0.2) is 54.5 Å². The van der Waals surface area contributed by atoms with Crippen LogP contribution < -0.4 is 9.64 Å². The zero-order valence-electron chi connectivity index (χ0n) is 15.6. The number of ether oxygens (including phenoxy) is 1. The van der Waals surface area contributed by atoms with Gasteiger partial charge in [0.05, 0.1) is 39.7 Å². The van der Waals surface area contributed by atoms with Crippen LogP contribution in [0, 0.1) is 0 Å². The summed E-state index contributed by atoms with van der Waals surface area (Å²) in [4.78, 5) is 9.97. The number of para-hydroxylation sites is 2. The second-order valence-electron chi connectivity index (χ2n) is 6.94. The standard InChI is InChI=1S/C21H25N3O2S/c1-26-20-7-3-2-6-19(20)24-13-11-23(12-14-24)10-4-5-17-8-9-18-21(15-17)27(25)16-22-18/h2-3,6-9,15-16H,4-5,10-14H2,1H3.